The molecule has 0 radical (unpaired) electrons. The lowest BCUT2D eigenvalue weighted by Gasteiger charge is -2.39. The first-order valence-corrected chi connectivity index (χ1v) is 11.9. The van der Waals surface area contributed by atoms with Gasteiger partial charge in [-0.2, -0.15) is 0 Å². The average Bonchev–Trinajstić information content (AvgIpc) is 2.93. The minimum Gasteiger partial charge on any atom is -0.500 e. The van der Waals surface area contributed by atoms with E-state index in [1.165, 1.54) is 28.4 Å². The van der Waals surface area contributed by atoms with E-state index in [9.17, 15) is 9.90 Å². The molecule has 0 bridgehead atoms. The molecule has 2 unspecified atom stereocenters. The van der Waals surface area contributed by atoms with Crippen LogP contribution in [-0.4, -0.2) is 63.7 Å². The maximum atomic E-state index is 12.7. The number of fused-ring (bicyclic) bond motifs is 2. The number of carbonyl (C=O) groups is 1. The van der Waals surface area contributed by atoms with Crippen LogP contribution in [0.3, 0.4) is 0 Å². The number of ether oxygens (including phenoxy) is 6. The lowest BCUT2D eigenvalue weighted by atomic mass is 9.74. The van der Waals surface area contributed by atoms with Gasteiger partial charge in [-0.1, -0.05) is 6.07 Å². The van der Waals surface area contributed by atoms with Crippen LogP contribution in [0.1, 0.15) is 53.6 Å². The molecule has 2 atom stereocenters. The van der Waals surface area contributed by atoms with Crippen LogP contribution in [0.2, 0.25) is 0 Å². The fourth-order valence-electron chi connectivity index (χ4n) is 5.03. The normalized spacial score (nSPS) is 16.9. The molecule has 2 heterocycles. The number of pyridine rings is 2. The van der Waals surface area contributed by atoms with Crippen LogP contribution in [0.25, 0.3) is 28.2 Å². The molecule has 4 rings (SSSR count). The number of methoxy groups -OCH3 is 6. The first-order chi connectivity index (χ1) is 18.2. The van der Waals surface area contributed by atoms with Crippen molar-refractivity contribution in [3.8, 4) is 22.9 Å². The number of hydrogen-bond donors (Lipinski definition) is 1. The Morgan fingerprint density at radius 2 is 1.74 bits per heavy atom. The molecule has 10 heteroatoms. The van der Waals surface area contributed by atoms with E-state index >= 15 is 0 Å². The summed E-state index contributed by atoms with van der Waals surface area (Å²) in [5.74, 6) is 0.943. The van der Waals surface area contributed by atoms with Crippen molar-refractivity contribution in [1.29, 1.82) is 0 Å². The summed E-state index contributed by atoms with van der Waals surface area (Å²) in [5.41, 5.74) is 1.93. The van der Waals surface area contributed by atoms with Gasteiger partial charge in [-0.3, -0.25) is 0 Å². The Morgan fingerprint density at radius 1 is 1.00 bits per heavy atom. The first kappa shape index (κ1) is 27.3. The van der Waals surface area contributed by atoms with Crippen molar-refractivity contribution in [3.63, 3.8) is 0 Å². The molecule has 0 aliphatic heterocycles. The van der Waals surface area contributed by atoms with E-state index in [1.54, 1.807) is 32.4 Å². The highest BCUT2D eigenvalue weighted by Crippen LogP contribution is 2.50. The van der Waals surface area contributed by atoms with Gasteiger partial charge in [0.15, 0.2) is 17.8 Å². The highest BCUT2D eigenvalue weighted by molar-refractivity contribution is 5.96. The molecule has 3 aromatic rings. The van der Waals surface area contributed by atoms with Gasteiger partial charge in [-0.25, -0.2) is 14.8 Å². The topological polar surface area (TPSA) is 118 Å². The predicted octanol–water partition coefficient (Wildman–Crippen LogP) is 4.45. The van der Waals surface area contributed by atoms with E-state index in [1.807, 2.05) is 26.0 Å². The van der Waals surface area contributed by atoms with Crippen LogP contribution in [0.4, 0.5) is 0 Å². The molecule has 0 amide bonds. The first-order valence-electron chi connectivity index (χ1n) is 11.9. The monoisotopic (exact) mass is 524 g/mol. The fourth-order valence-corrected chi connectivity index (χ4v) is 5.03. The lowest BCUT2D eigenvalue weighted by Crippen LogP contribution is -2.31. The summed E-state index contributed by atoms with van der Waals surface area (Å²) in [6.45, 7) is 4.00. The van der Waals surface area contributed by atoms with E-state index in [2.05, 4.69) is 4.98 Å². The molecule has 1 aliphatic carbocycles. The van der Waals surface area contributed by atoms with Crippen molar-refractivity contribution in [2.75, 3.05) is 42.7 Å². The standard InChI is InChI=1S/C28H32N2O8/c1-28(2)20(34-4)13-15-16(25(28)36-6)12-18(26(31)37-7)30-22(15)17-11-14-9-10-19(33-3)24(35-5)21(14)23(29-17)27(32)38-8/h9-13,25,27,32H,1-8H3. The predicted molar refractivity (Wildman–Crippen MR) is 140 cm³/mol. The number of rotatable bonds is 8. The number of carbonyl (C=O) groups excluding carboxylic acids is 1. The third-order valence-corrected chi connectivity index (χ3v) is 6.86. The zero-order valence-corrected chi connectivity index (χ0v) is 22.7. The molecule has 38 heavy (non-hydrogen) atoms. The lowest BCUT2D eigenvalue weighted by molar-refractivity contribution is -0.0787. The molecular formula is C28H32N2O8. The zero-order valence-electron chi connectivity index (χ0n) is 22.7. The molecule has 10 nitrogen and oxygen atoms in total. The Bertz CT molecular complexity index is 1420. The summed E-state index contributed by atoms with van der Waals surface area (Å²) in [6, 6.07) is 7.05. The van der Waals surface area contributed by atoms with Crippen LogP contribution in [0.15, 0.2) is 30.0 Å². The van der Waals surface area contributed by atoms with Crippen LogP contribution < -0.4 is 9.47 Å². The largest absolute Gasteiger partial charge is 0.500 e. The molecule has 202 valence electrons. The maximum absolute atomic E-state index is 12.7. The summed E-state index contributed by atoms with van der Waals surface area (Å²) in [7, 11) is 8.91. The van der Waals surface area contributed by atoms with Crippen molar-refractivity contribution in [3.05, 3.63) is 52.5 Å². The number of esters is 1. The summed E-state index contributed by atoms with van der Waals surface area (Å²) in [4.78, 5) is 22.1. The van der Waals surface area contributed by atoms with Gasteiger partial charge < -0.3 is 33.5 Å². The molecule has 0 saturated carbocycles. The minimum atomic E-state index is -1.38. The zero-order chi connectivity index (χ0) is 27.8. The molecule has 0 saturated heterocycles. The number of hydrogen-bond acceptors (Lipinski definition) is 10. The summed E-state index contributed by atoms with van der Waals surface area (Å²) in [6.07, 6.45) is 0.0338. The Morgan fingerprint density at radius 3 is 2.32 bits per heavy atom. The van der Waals surface area contributed by atoms with E-state index in [-0.39, 0.29) is 11.4 Å². The van der Waals surface area contributed by atoms with E-state index in [0.717, 1.165) is 5.56 Å². The van der Waals surface area contributed by atoms with Gasteiger partial charge >= 0.3 is 5.97 Å². The van der Waals surface area contributed by atoms with Gasteiger partial charge in [0.2, 0.25) is 0 Å². The molecule has 2 aromatic heterocycles. The number of aliphatic hydroxyl groups excluding tert-OH is 1. The number of aromatic nitrogens is 2. The molecular weight excluding hydrogens is 492 g/mol. The molecule has 1 N–H and O–H groups in total. The summed E-state index contributed by atoms with van der Waals surface area (Å²) in [5, 5.41) is 12.0. The van der Waals surface area contributed by atoms with Crippen LogP contribution in [-0.2, 0) is 18.9 Å². The minimum absolute atomic E-state index is 0.0939. The number of aliphatic hydroxyl groups is 1. The van der Waals surface area contributed by atoms with Crippen molar-refractivity contribution in [2.24, 2.45) is 5.41 Å². The SMILES string of the molecule is COC(=O)c1cc2c(c(-c3cc4ccc(OC)c(OC)c4c(C(O)OC)n3)n1)C=C(OC)C(C)(C)C2OC. The van der Waals surface area contributed by atoms with Crippen LogP contribution in [0, 0.1) is 5.41 Å². The van der Waals surface area contributed by atoms with Crippen molar-refractivity contribution in [1.82, 2.24) is 9.97 Å². The Labute approximate surface area is 221 Å². The van der Waals surface area contributed by atoms with Gasteiger partial charge in [0.05, 0.1) is 56.7 Å². The average molecular weight is 525 g/mol. The third kappa shape index (κ3) is 4.34. The smallest absolute Gasteiger partial charge is 0.356 e. The van der Waals surface area contributed by atoms with E-state index in [0.29, 0.717) is 45.0 Å². The third-order valence-electron chi connectivity index (χ3n) is 6.86. The Kier molecular flexibility index (Phi) is 7.59. The fraction of sp³-hybridized carbons (Fsp3) is 0.393. The second kappa shape index (κ2) is 10.6. The van der Waals surface area contributed by atoms with Gasteiger partial charge in [0, 0.05) is 19.8 Å². The van der Waals surface area contributed by atoms with Crippen LogP contribution in [0.5, 0.6) is 11.5 Å². The molecule has 0 spiro atoms. The summed E-state index contributed by atoms with van der Waals surface area (Å²) < 4.78 is 33.0. The quantitative estimate of drug-likeness (QED) is 0.334. The Hall–Kier alpha value is -3.73. The van der Waals surface area contributed by atoms with Gasteiger partial charge in [0.25, 0.3) is 0 Å². The highest BCUT2D eigenvalue weighted by atomic mass is 16.6. The number of nitrogens with zero attached hydrogens (tertiary/aromatic N) is 2. The molecule has 0 fully saturated rings. The Balaban J connectivity index is 2.12. The highest BCUT2D eigenvalue weighted by Gasteiger charge is 2.42. The maximum Gasteiger partial charge on any atom is 0.356 e. The van der Waals surface area contributed by atoms with Gasteiger partial charge in [-0.05, 0) is 49.1 Å². The van der Waals surface area contributed by atoms with Crippen LogP contribution >= 0.6 is 0 Å². The van der Waals surface area contributed by atoms with Crippen molar-refractivity contribution < 1.29 is 38.3 Å². The summed E-state index contributed by atoms with van der Waals surface area (Å²) >= 11 is 0. The molecule has 1 aliphatic rings. The van der Waals surface area contributed by atoms with E-state index < -0.39 is 23.8 Å². The van der Waals surface area contributed by atoms with Crippen molar-refractivity contribution >= 4 is 22.8 Å². The second-order valence-corrected chi connectivity index (χ2v) is 9.28. The second-order valence-electron chi connectivity index (χ2n) is 9.28. The molecule has 1 aromatic carbocycles. The van der Waals surface area contributed by atoms with Crippen molar-refractivity contribution in [2.45, 2.75) is 26.2 Å². The van der Waals surface area contributed by atoms with Gasteiger partial charge in [0.1, 0.15) is 17.1 Å². The van der Waals surface area contributed by atoms with Gasteiger partial charge in [-0.15, -0.1) is 0 Å². The van der Waals surface area contributed by atoms with E-state index in [4.69, 9.17) is 33.4 Å². The number of benzene rings is 1.